The van der Waals surface area contributed by atoms with Crippen molar-refractivity contribution in [2.24, 2.45) is 0 Å². The van der Waals surface area contributed by atoms with Gasteiger partial charge in [0.15, 0.2) is 0 Å². The van der Waals surface area contributed by atoms with Gasteiger partial charge in [0.2, 0.25) is 5.78 Å². The second-order valence-electron chi connectivity index (χ2n) is 4.38. The minimum Gasteiger partial charge on any atom is -0.287 e. The van der Waals surface area contributed by atoms with Gasteiger partial charge in [-0.25, -0.2) is 0 Å². The van der Waals surface area contributed by atoms with E-state index in [1.54, 1.807) is 10.7 Å². The molecule has 0 bridgehead atoms. The number of nitrogens with zero attached hydrogens (tertiary/aromatic N) is 2. The van der Waals surface area contributed by atoms with Gasteiger partial charge in [-0.3, -0.25) is 9.48 Å². The Balaban J connectivity index is 2.46. The molecule has 2 aromatic rings. The Hall–Kier alpha value is -1.13. The topological polar surface area (TPSA) is 34.9 Å². The van der Waals surface area contributed by atoms with Crippen molar-refractivity contribution in [1.29, 1.82) is 0 Å². The zero-order chi connectivity index (χ0) is 14.0. The van der Waals surface area contributed by atoms with Crippen LogP contribution in [0.2, 0.25) is 5.02 Å². The number of aryl methyl sites for hydroxylation is 2. The number of carbonyl (C=O) groups excluding carboxylic acids is 1. The number of hydrogen-bond acceptors (Lipinski definition) is 2. The van der Waals surface area contributed by atoms with E-state index in [0.29, 0.717) is 22.8 Å². The summed E-state index contributed by atoms with van der Waals surface area (Å²) in [7, 11) is 0. The van der Waals surface area contributed by atoms with Gasteiger partial charge < -0.3 is 0 Å². The second kappa shape index (κ2) is 5.88. The van der Waals surface area contributed by atoms with Gasteiger partial charge in [0, 0.05) is 16.6 Å². The molecule has 1 aromatic heterocycles. The Morgan fingerprint density at radius 3 is 2.84 bits per heavy atom. The lowest BCUT2D eigenvalue weighted by atomic mass is 10.1. The molecule has 0 spiro atoms. The molecule has 0 unspecified atom stereocenters. The minimum atomic E-state index is -0.108. The lowest BCUT2D eigenvalue weighted by Crippen LogP contribution is -2.12. The van der Waals surface area contributed by atoms with Gasteiger partial charge in [-0.2, -0.15) is 5.10 Å². The first-order chi connectivity index (χ1) is 9.04. The highest BCUT2D eigenvalue weighted by atomic mass is 79.9. The molecular weight excluding hydrogens is 328 g/mol. The molecule has 0 fully saturated rings. The number of benzene rings is 1. The summed E-state index contributed by atoms with van der Waals surface area (Å²) in [5.41, 5.74) is 2.15. The Labute approximate surface area is 125 Å². The fourth-order valence-electron chi connectivity index (χ4n) is 1.90. The first-order valence-electron chi connectivity index (χ1n) is 6.06. The van der Waals surface area contributed by atoms with E-state index >= 15 is 0 Å². The summed E-state index contributed by atoms with van der Waals surface area (Å²) in [4.78, 5) is 12.6. The highest BCUT2D eigenvalue weighted by Crippen LogP contribution is 2.25. The van der Waals surface area contributed by atoms with Crippen LogP contribution in [-0.4, -0.2) is 15.6 Å². The van der Waals surface area contributed by atoms with E-state index in [1.807, 2.05) is 26.0 Å². The summed E-state index contributed by atoms with van der Waals surface area (Å²) >= 11 is 9.52. The van der Waals surface area contributed by atoms with E-state index in [2.05, 4.69) is 21.0 Å². The Morgan fingerprint density at radius 2 is 2.21 bits per heavy atom. The summed E-state index contributed by atoms with van der Waals surface area (Å²) in [6.45, 7) is 4.69. The molecule has 5 heteroatoms. The maximum atomic E-state index is 12.6. The van der Waals surface area contributed by atoms with Gasteiger partial charge in [0.1, 0.15) is 5.69 Å². The van der Waals surface area contributed by atoms with Crippen molar-refractivity contribution >= 4 is 33.3 Å². The molecule has 3 nitrogen and oxygen atoms in total. The molecule has 0 aliphatic rings. The molecule has 0 amide bonds. The molecule has 0 radical (unpaired) electrons. The van der Waals surface area contributed by atoms with Crippen LogP contribution in [0.1, 0.15) is 35.0 Å². The average molecular weight is 342 g/mol. The Morgan fingerprint density at radius 1 is 1.47 bits per heavy atom. The first kappa shape index (κ1) is 14.3. The van der Waals surface area contributed by atoms with Gasteiger partial charge in [0.05, 0.1) is 11.2 Å². The molecule has 0 aliphatic carbocycles. The summed E-state index contributed by atoms with van der Waals surface area (Å²) in [6.07, 6.45) is 2.42. The van der Waals surface area contributed by atoms with Gasteiger partial charge in [0.25, 0.3) is 0 Å². The fourth-order valence-corrected chi connectivity index (χ4v) is 2.80. The third kappa shape index (κ3) is 2.90. The first-order valence-corrected chi connectivity index (χ1v) is 7.23. The number of halogens is 2. The fraction of sp³-hybridized carbons (Fsp3) is 0.286. The number of carbonyl (C=O) groups is 1. The van der Waals surface area contributed by atoms with Crippen LogP contribution in [0.5, 0.6) is 0 Å². The van der Waals surface area contributed by atoms with E-state index in [1.165, 1.54) is 6.20 Å². The van der Waals surface area contributed by atoms with Crippen molar-refractivity contribution < 1.29 is 4.79 Å². The van der Waals surface area contributed by atoms with Crippen LogP contribution in [0.25, 0.3) is 0 Å². The summed E-state index contributed by atoms with van der Waals surface area (Å²) in [5, 5.41) is 4.54. The van der Waals surface area contributed by atoms with E-state index < -0.39 is 0 Å². The lowest BCUT2D eigenvalue weighted by Gasteiger charge is -2.08. The molecule has 0 aliphatic heterocycles. The molecule has 0 N–H and O–H groups in total. The van der Waals surface area contributed by atoms with E-state index in [-0.39, 0.29) is 5.78 Å². The number of aromatic nitrogens is 2. The van der Waals surface area contributed by atoms with Gasteiger partial charge >= 0.3 is 0 Å². The zero-order valence-electron chi connectivity index (χ0n) is 10.8. The van der Waals surface area contributed by atoms with Crippen LogP contribution in [0.3, 0.4) is 0 Å². The molecule has 100 valence electrons. The smallest absolute Gasteiger partial charge is 0.213 e. The second-order valence-corrected chi connectivity index (χ2v) is 5.64. The van der Waals surface area contributed by atoms with Crippen LogP contribution >= 0.6 is 27.5 Å². The monoisotopic (exact) mass is 340 g/mol. The van der Waals surface area contributed by atoms with Crippen LogP contribution < -0.4 is 0 Å². The van der Waals surface area contributed by atoms with Gasteiger partial charge in [-0.1, -0.05) is 40.5 Å². The zero-order valence-corrected chi connectivity index (χ0v) is 13.1. The Bertz CT molecular complexity index is 622. The molecule has 2 rings (SSSR count). The van der Waals surface area contributed by atoms with E-state index in [9.17, 15) is 4.79 Å². The van der Waals surface area contributed by atoms with Crippen LogP contribution in [0, 0.1) is 6.92 Å². The van der Waals surface area contributed by atoms with Gasteiger partial charge in [-0.05, 0) is 31.0 Å². The predicted octanol–water partition coefficient (Wildman–Crippen LogP) is 4.25. The van der Waals surface area contributed by atoms with E-state index in [0.717, 1.165) is 16.5 Å². The van der Waals surface area contributed by atoms with Crippen molar-refractivity contribution in [3.05, 3.63) is 50.7 Å². The van der Waals surface area contributed by atoms with Gasteiger partial charge in [-0.15, -0.1) is 0 Å². The van der Waals surface area contributed by atoms with Crippen LogP contribution in [0.15, 0.2) is 28.9 Å². The maximum absolute atomic E-state index is 12.6. The molecular formula is C14H14BrClN2O. The summed E-state index contributed by atoms with van der Waals surface area (Å²) < 4.78 is 2.44. The molecule has 1 heterocycles. The molecule has 0 saturated heterocycles. The maximum Gasteiger partial charge on any atom is 0.213 e. The van der Waals surface area contributed by atoms with Crippen LogP contribution in [0.4, 0.5) is 0 Å². The van der Waals surface area contributed by atoms with Crippen molar-refractivity contribution in [2.45, 2.75) is 26.8 Å². The quantitative estimate of drug-likeness (QED) is 0.779. The van der Waals surface area contributed by atoms with E-state index in [4.69, 9.17) is 11.6 Å². The average Bonchev–Trinajstić information content (AvgIpc) is 2.70. The Kier molecular flexibility index (Phi) is 4.42. The standard InChI is InChI=1S/C14H14BrClN2O/c1-3-6-18-13(12(16)8-17-18)14(19)10-5-4-9(2)7-11(10)15/h4-5,7-8H,3,6H2,1-2H3. The highest BCUT2D eigenvalue weighted by molar-refractivity contribution is 9.10. The third-order valence-electron chi connectivity index (χ3n) is 2.81. The molecule has 0 saturated carbocycles. The highest BCUT2D eigenvalue weighted by Gasteiger charge is 2.20. The summed E-state index contributed by atoms with van der Waals surface area (Å²) in [6, 6.07) is 5.63. The molecule has 0 atom stereocenters. The minimum absolute atomic E-state index is 0.108. The number of rotatable bonds is 4. The van der Waals surface area contributed by atoms with Crippen molar-refractivity contribution in [1.82, 2.24) is 9.78 Å². The predicted molar refractivity (Wildman–Crippen MR) is 79.8 cm³/mol. The summed E-state index contributed by atoms with van der Waals surface area (Å²) in [5.74, 6) is -0.108. The SMILES string of the molecule is CCCn1ncc(Cl)c1C(=O)c1ccc(C)cc1Br. The van der Waals surface area contributed by atoms with Crippen molar-refractivity contribution in [3.63, 3.8) is 0 Å². The molecule has 1 aromatic carbocycles. The normalized spacial score (nSPS) is 10.7. The molecule has 19 heavy (non-hydrogen) atoms. The number of hydrogen-bond donors (Lipinski definition) is 0. The third-order valence-corrected chi connectivity index (χ3v) is 3.75. The van der Waals surface area contributed by atoms with Crippen molar-refractivity contribution in [2.75, 3.05) is 0 Å². The lowest BCUT2D eigenvalue weighted by molar-refractivity contribution is 0.102. The van der Waals surface area contributed by atoms with Crippen molar-refractivity contribution in [3.8, 4) is 0 Å². The largest absolute Gasteiger partial charge is 0.287 e. The van der Waals surface area contributed by atoms with Crippen LogP contribution in [-0.2, 0) is 6.54 Å². The number of ketones is 1.